The molecule has 4 nitrogen and oxygen atoms in total. The van der Waals surface area contributed by atoms with E-state index >= 15 is 0 Å². The minimum absolute atomic E-state index is 0.126. The zero-order valence-electron chi connectivity index (χ0n) is 9.82. The standard InChI is InChI=1S/C12H17NO3/c1-9-4-6-10(7-5-9)12(14)13-8-11(15-2)16-3/h4-7,11H,8H2,1-3H3,(H,13,14). The van der Waals surface area contributed by atoms with Gasteiger partial charge in [-0.25, -0.2) is 0 Å². The Morgan fingerprint density at radius 3 is 2.31 bits per heavy atom. The normalized spacial score (nSPS) is 10.5. The molecule has 0 radical (unpaired) electrons. The molecule has 1 amide bonds. The van der Waals surface area contributed by atoms with Crippen molar-refractivity contribution in [3.05, 3.63) is 35.4 Å². The minimum atomic E-state index is -0.408. The lowest BCUT2D eigenvalue weighted by molar-refractivity contribution is -0.0974. The van der Waals surface area contributed by atoms with Crippen molar-refractivity contribution in [2.24, 2.45) is 0 Å². The van der Waals surface area contributed by atoms with E-state index in [2.05, 4.69) is 5.32 Å². The van der Waals surface area contributed by atoms with Crippen molar-refractivity contribution in [3.63, 3.8) is 0 Å². The number of rotatable bonds is 5. The second-order valence-corrected chi connectivity index (χ2v) is 3.48. The van der Waals surface area contributed by atoms with Crippen molar-refractivity contribution in [1.82, 2.24) is 5.32 Å². The van der Waals surface area contributed by atoms with Crippen LogP contribution in [0.4, 0.5) is 0 Å². The third-order valence-corrected chi connectivity index (χ3v) is 2.27. The van der Waals surface area contributed by atoms with E-state index in [0.29, 0.717) is 12.1 Å². The SMILES string of the molecule is COC(CNC(=O)c1ccc(C)cc1)OC. The van der Waals surface area contributed by atoms with E-state index in [0.717, 1.165) is 5.56 Å². The molecular weight excluding hydrogens is 206 g/mol. The van der Waals surface area contributed by atoms with Gasteiger partial charge in [0.15, 0.2) is 6.29 Å². The lowest BCUT2D eigenvalue weighted by atomic mass is 10.1. The number of amides is 1. The molecular formula is C12H17NO3. The molecule has 0 spiro atoms. The van der Waals surface area contributed by atoms with Gasteiger partial charge < -0.3 is 14.8 Å². The summed E-state index contributed by atoms with van der Waals surface area (Å²) in [7, 11) is 3.07. The van der Waals surface area contributed by atoms with Crippen LogP contribution in [-0.2, 0) is 9.47 Å². The van der Waals surface area contributed by atoms with E-state index in [1.165, 1.54) is 14.2 Å². The van der Waals surface area contributed by atoms with Crippen LogP contribution in [0.25, 0.3) is 0 Å². The number of carbonyl (C=O) groups excluding carboxylic acids is 1. The van der Waals surface area contributed by atoms with Crippen LogP contribution in [0.5, 0.6) is 0 Å². The van der Waals surface area contributed by atoms with Crippen LogP contribution in [0.2, 0.25) is 0 Å². The zero-order valence-corrected chi connectivity index (χ0v) is 9.82. The molecule has 88 valence electrons. The molecule has 0 aromatic heterocycles. The first-order valence-corrected chi connectivity index (χ1v) is 5.08. The monoisotopic (exact) mass is 223 g/mol. The fourth-order valence-corrected chi connectivity index (χ4v) is 1.25. The number of carbonyl (C=O) groups is 1. The highest BCUT2D eigenvalue weighted by Crippen LogP contribution is 2.02. The predicted octanol–water partition coefficient (Wildman–Crippen LogP) is 1.34. The summed E-state index contributed by atoms with van der Waals surface area (Å²) in [5.41, 5.74) is 1.76. The van der Waals surface area contributed by atoms with Crippen LogP contribution < -0.4 is 5.32 Å². The molecule has 16 heavy (non-hydrogen) atoms. The minimum Gasteiger partial charge on any atom is -0.354 e. The third-order valence-electron chi connectivity index (χ3n) is 2.27. The lowest BCUT2D eigenvalue weighted by Gasteiger charge is -2.13. The Morgan fingerprint density at radius 2 is 1.81 bits per heavy atom. The van der Waals surface area contributed by atoms with Gasteiger partial charge in [-0.3, -0.25) is 4.79 Å². The Labute approximate surface area is 95.6 Å². The highest BCUT2D eigenvalue weighted by molar-refractivity contribution is 5.94. The van der Waals surface area contributed by atoms with E-state index in [4.69, 9.17) is 9.47 Å². The Bertz CT molecular complexity index is 331. The predicted molar refractivity (Wildman–Crippen MR) is 61.3 cm³/mol. The summed E-state index contributed by atoms with van der Waals surface area (Å²) in [4.78, 5) is 11.7. The Morgan fingerprint density at radius 1 is 1.25 bits per heavy atom. The fourth-order valence-electron chi connectivity index (χ4n) is 1.25. The molecule has 0 atom stereocenters. The van der Waals surface area contributed by atoms with Crippen molar-refractivity contribution in [3.8, 4) is 0 Å². The Hall–Kier alpha value is -1.39. The molecule has 0 fully saturated rings. The second-order valence-electron chi connectivity index (χ2n) is 3.48. The number of aryl methyl sites for hydroxylation is 1. The van der Waals surface area contributed by atoms with Crippen molar-refractivity contribution >= 4 is 5.91 Å². The summed E-state index contributed by atoms with van der Waals surface area (Å²) in [5, 5.41) is 2.73. The highest BCUT2D eigenvalue weighted by atomic mass is 16.7. The lowest BCUT2D eigenvalue weighted by Crippen LogP contribution is -2.34. The van der Waals surface area contributed by atoms with Crippen LogP contribution in [0.15, 0.2) is 24.3 Å². The number of nitrogens with one attached hydrogen (secondary N) is 1. The molecule has 0 saturated heterocycles. The number of ether oxygens (including phenoxy) is 2. The van der Waals surface area contributed by atoms with E-state index in [9.17, 15) is 4.79 Å². The first-order chi connectivity index (χ1) is 7.67. The van der Waals surface area contributed by atoms with E-state index in [1.54, 1.807) is 12.1 Å². The quantitative estimate of drug-likeness (QED) is 0.766. The highest BCUT2D eigenvalue weighted by Gasteiger charge is 2.09. The van der Waals surface area contributed by atoms with Gasteiger partial charge in [0.05, 0.1) is 6.54 Å². The van der Waals surface area contributed by atoms with Crippen molar-refractivity contribution in [1.29, 1.82) is 0 Å². The summed E-state index contributed by atoms with van der Waals surface area (Å²) in [6, 6.07) is 7.39. The maximum Gasteiger partial charge on any atom is 0.251 e. The summed E-state index contributed by atoms with van der Waals surface area (Å²) < 4.78 is 9.94. The smallest absolute Gasteiger partial charge is 0.251 e. The van der Waals surface area contributed by atoms with Crippen LogP contribution in [-0.4, -0.2) is 33.0 Å². The summed E-state index contributed by atoms with van der Waals surface area (Å²) in [6.07, 6.45) is -0.408. The zero-order chi connectivity index (χ0) is 12.0. The van der Waals surface area contributed by atoms with Gasteiger partial charge in [0, 0.05) is 19.8 Å². The molecule has 1 N–H and O–H groups in total. The van der Waals surface area contributed by atoms with Gasteiger partial charge in [-0.2, -0.15) is 0 Å². The summed E-state index contributed by atoms with van der Waals surface area (Å²) in [5.74, 6) is -0.126. The molecule has 0 bridgehead atoms. The molecule has 0 aliphatic heterocycles. The van der Waals surface area contributed by atoms with Gasteiger partial charge in [0.1, 0.15) is 0 Å². The van der Waals surface area contributed by atoms with Crippen LogP contribution >= 0.6 is 0 Å². The maximum absolute atomic E-state index is 11.7. The van der Waals surface area contributed by atoms with Gasteiger partial charge in [0.2, 0.25) is 0 Å². The third kappa shape index (κ3) is 3.64. The van der Waals surface area contributed by atoms with Crippen LogP contribution in [0.1, 0.15) is 15.9 Å². The average molecular weight is 223 g/mol. The van der Waals surface area contributed by atoms with Gasteiger partial charge in [-0.1, -0.05) is 17.7 Å². The summed E-state index contributed by atoms with van der Waals surface area (Å²) in [6.45, 7) is 2.31. The molecule has 0 unspecified atom stereocenters. The molecule has 0 saturated carbocycles. The maximum atomic E-state index is 11.7. The van der Waals surface area contributed by atoms with Gasteiger partial charge in [-0.15, -0.1) is 0 Å². The first kappa shape index (κ1) is 12.7. The Kier molecular flexibility index (Phi) is 4.95. The van der Waals surface area contributed by atoms with Crippen molar-refractivity contribution in [2.75, 3.05) is 20.8 Å². The van der Waals surface area contributed by atoms with Crippen LogP contribution in [0.3, 0.4) is 0 Å². The number of benzene rings is 1. The van der Waals surface area contributed by atoms with Crippen molar-refractivity contribution < 1.29 is 14.3 Å². The van der Waals surface area contributed by atoms with E-state index < -0.39 is 6.29 Å². The average Bonchev–Trinajstić information content (AvgIpc) is 2.31. The fraction of sp³-hybridized carbons (Fsp3) is 0.417. The van der Waals surface area contributed by atoms with E-state index in [-0.39, 0.29) is 5.91 Å². The first-order valence-electron chi connectivity index (χ1n) is 5.08. The van der Waals surface area contributed by atoms with Gasteiger partial charge >= 0.3 is 0 Å². The van der Waals surface area contributed by atoms with E-state index in [1.807, 2.05) is 19.1 Å². The second kappa shape index (κ2) is 6.25. The topological polar surface area (TPSA) is 47.6 Å². The Balaban J connectivity index is 2.49. The van der Waals surface area contributed by atoms with Gasteiger partial charge in [0.25, 0.3) is 5.91 Å². The van der Waals surface area contributed by atoms with Gasteiger partial charge in [-0.05, 0) is 19.1 Å². The molecule has 1 aromatic carbocycles. The largest absolute Gasteiger partial charge is 0.354 e. The van der Waals surface area contributed by atoms with Crippen molar-refractivity contribution in [2.45, 2.75) is 13.2 Å². The molecule has 0 aliphatic rings. The molecule has 1 rings (SSSR count). The molecule has 0 aliphatic carbocycles. The number of methoxy groups -OCH3 is 2. The molecule has 4 heteroatoms. The molecule has 0 heterocycles. The summed E-state index contributed by atoms with van der Waals surface area (Å²) >= 11 is 0. The number of hydrogen-bond donors (Lipinski definition) is 1. The molecule has 1 aromatic rings. The van der Waals surface area contributed by atoms with Crippen LogP contribution in [0, 0.1) is 6.92 Å². The number of hydrogen-bond acceptors (Lipinski definition) is 3.